The maximum Gasteiger partial charge on any atom is 0.314 e. The second kappa shape index (κ2) is 11.2. The fourth-order valence-corrected chi connectivity index (χ4v) is 9.70. The van der Waals surface area contributed by atoms with Crippen molar-refractivity contribution in [1.82, 2.24) is 15.1 Å². The normalized spacial score (nSPS) is 37.4. The Kier molecular flexibility index (Phi) is 7.25. The Hall–Kier alpha value is -3.05. The Morgan fingerprint density at radius 3 is 2.69 bits per heavy atom. The summed E-state index contributed by atoms with van der Waals surface area (Å²) in [6, 6.07) is 7.47. The molecule has 254 valence electrons. The number of hydrogen-bond acceptors (Lipinski definition) is 8. The first kappa shape index (κ1) is 31.0. The lowest BCUT2D eigenvalue weighted by atomic mass is 9.83. The van der Waals surface area contributed by atoms with Gasteiger partial charge in [-0.1, -0.05) is 30.7 Å². The summed E-state index contributed by atoms with van der Waals surface area (Å²) in [4.78, 5) is 14.4. The summed E-state index contributed by atoms with van der Waals surface area (Å²) in [5, 5.41) is 15.7. The minimum atomic E-state index is -1.07. The predicted molar refractivity (Wildman–Crippen MR) is 183 cm³/mol. The van der Waals surface area contributed by atoms with Gasteiger partial charge in [-0.05, 0) is 74.6 Å². The molecule has 9 rings (SSSR count). The maximum atomic E-state index is 17.0. The number of hydrogen-bond donors (Lipinski definition) is 2. The fraction of sp³-hybridized carbons (Fsp3) is 0.568. The van der Waals surface area contributed by atoms with Crippen LogP contribution < -0.4 is 5.32 Å². The number of nitrogens with one attached hydrogen (secondary N) is 1. The van der Waals surface area contributed by atoms with Crippen LogP contribution in [0.3, 0.4) is 0 Å². The van der Waals surface area contributed by atoms with Gasteiger partial charge < -0.3 is 24.8 Å². The van der Waals surface area contributed by atoms with E-state index in [1.807, 2.05) is 0 Å². The Morgan fingerprint density at radius 2 is 1.94 bits per heavy atom. The number of phenols is 1. The first-order valence-electron chi connectivity index (χ1n) is 17.5. The molecule has 48 heavy (non-hydrogen) atoms. The maximum absolute atomic E-state index is 17.0. The lowest BCUT2D eigenvalue weighted by Crippen LogP contribution is -2.61. The number of ether oxygens (including phenoxy) is 2. The molecule has 0 spiro atoms. The molecular formula is C37H42ClF2N5O3. The third kappa shape index (κ3) is 5.25. The number of rotatable bonds is 5. The molecule has 4 saturated heterocycles. The summed E-state index contributed by atoms with van der Waals surface area (Å²) in [7, 11) is 0. The van der Waals surface area contributed by atoms with Crippen LogP contribution in [0.4, 0.5) is 8.78 Å². The van der Waals surface area contributed by atoms with Crippen molar-refractivity contribution in [3.63, 3.8) is 0 Å². The topological polar surface area (TPSA) is 81.9 Å². The van der Waals surface area contributed by atoms with Crippen LogP contribution in [-0.2, 0) is 9.47 Å². The smallest absolute Gasteiger partial charge is 0.314 e. The fourth-order valence-electron chi connectivity index (χ4n) is 9.41. The molecule has 8 nitrogen and oxygen atoms in total. The molecule has 2 N–H and O–H groups in total. The van der Waals surface area contributed by atoms with Crippen molar-refractivity contribution < 1.29 is 23.4 Å². The molecule has 2 aromatic carbocycles. The molecule has 2 aliphatic carbocycles. The van der Waals surface area contributed by atoms with E-state index in [9.17, 15) is 5.11 Å². The third-order valence-electron chi connectivity index (χ3n) is 12.0. The number of phenolic OH excluding ortho intramolecular Hbond substituents is 1. The standard InChI is InChI=1S/C37H42ClF2N5O3/c1-20-13-37(20,18-44-15-24-6-7-25(16-44)48-24)19-47-35-41-33-27(34(42-35)45-14-22-8-9-36(2,17-45)43-22)12-29(39)31(32(33)40)26-11-23(46)10-21-4-3-5-28(38)30(21)26/h3-5,10-12,20,22,24-25,27,33,43,46H,6-9,13-19H2,1-2H3/t20?,22?,24?,25?,27?,33?,36-,37?/m0/s1. The second-order valence-corrected chi connectivity index (χ2v) is 16.1. The molecule has 7 aliphatic rings. The summed E-state index contributed by atoms with van der Waals surface area (Å²) in [6.07, 6.45) is 7.47. The summed E-state index contributed by atoms with van der Waals surface area (Å²) in [5.41, 5.74) is -0.172. The highest BCUT2D eigenvalue weighted by atomic mass is 35.5. The monoisotopic (exact) mass is 677 g/mol. The van der Waals surface area contributed by atoms with Gasteiger partial charge in [0.25, 0.3) is 0 Å². The Labute approximate surface area is 284 Å². The van der Waals surface area contributed by atoms with E-state index in [1.54, 1.807) is 24.3 Å². The highest BCUT2D eigenvalue weighted by molar-refractivity contribution is 6.36. The van der Waals surface area contributed by atoms with Crippen LogP contribution >= 0.6 is 11.6 Å². The van der Waals surface area contributed by atoms with Crippen LogP contribution in [0.15, 0.2) is 58.0 Å². The molecule has 1 saturated carbocycles. The van der Waals surface area contributed by atoms with Gasteiger partial charge in [-0.25, -0.2) is 13.8 Å². The van der Waals surface area contributed by atoms with Gasteiger partial charge in [-0.2, -0.15) is 4.99 Å². The van der Waals surface area contributed by atoms with Gasteiger partial charge in [0.1, 0.15) is 29.3 Å². The molecule has 2 aromatic rings. The van der Waals surface area contributed by atoms with Gasteiger partial charge in [0.2, 0.25) is 0 Å². The molecule has 5 heterocycles. The van der Waals surface area contributed by atoms with Crippen molar-refractivity contribution in [2.24, 2.45) is 27.2 Å². The zero-order chi connectivity index (χ0) is 32.9. The molecule has 8 atom stereocenters. The summed E-state index contributed by atoms with van der Waals surface area (Å²) >= 11 is 6.59. The number of aromatic hydroxyl groups is 1. The lowest BCUT2D eigenvalue weighted by molar-refractivity contribution is -0.0471. The van der Waals surface area contributed by atoms with E-state index < -0.39 is 23.6 Å². The number of fused-ring (bicyclic) bond motifs is 6. The average Bonchev–Trinajstić information content (AvgIpc) is 3.39. The van der Waals surface area contributed by atoms with Gasteiger partial charge in [-0.15, -0.1) is 0 Å². The third-order valence-corrected chi connectivity index (χ3v) is 12.3. The minimum absolute atomic E-state index is 0.0250. The number of piperazine rings is 1. The molecule has 0 amide bonds. The van der Waals surface area contributed by atoms with E-state index in [4.69, 9.17) is 31.1 Å². The molecule has 11 heteroatoms. The molecule has 7 unspecified atom stereocenters. The van der Waals surface area contributed by atoms with Gasteiger partial charge >= 0.3 is 6.02 Å². The van der Waals surface area contributed by atoms with E-state index in [0.717, 1.165) is 51.7 Å². The molecular weight excluding hydrogens is 636 g/mol. The summed E-state index contributed by atoms with van der Waals surface area (Å²) in [6.45, 7) is 9.11. The molecule has 5 fully saturated rings. The largest absolute Gasteiger partial charge is 0.508 e. The lowest BCUT2D eigenvalue weighted by Gasteiger charge is -2.44. The Morgan fingerprint density at radius 1 is 1.15 bits per heavy atom. The zero-order valence-electron chi connectivity index (χ0n) is 27.4. The van der Waals surface area contributed by atoms with Crippen molar-refractivity contribution >= 4 is 39.8 Å². The highest BCUT2D eigenvalue weighted by Crippen LogP contribution is 2.54. The van der Waals surface area contributed by atoms with Crippen molar-refractivity contribution in [3.05, 3.63) is 58.6 Å². The van der Waals surface area contributed by atoms with E-state index in [0.29, 0.717) is 59.5 Å². The predicted octanol–water partition coefficient (Wildman–Crippen LogP) is 6.23. The second-order valence-electron chi connectivity index (χ2n) is 15.6. The number of halogens is 3. The molecule has 4 bridgehead atoms. The van der Waals surface area contributed by atoms with Crippen LogP contribution in [0.5, 0.6) is 5.75 Å². The van der Waals surface area contributed by atoms with Crippen molar-refractivity contribution in [3.8, 4) is 5.75 Å². The van der Waals surface area contributed by atoms with Gasteiger partial charge in [0, 0.05) is 65.7 Å². The van der Waals surface area contributed by atoms with Crippen molar-refractivity contribution in [2.75, 3.05) is 39.3 Å². The number of likely N-dealkylation sites (tertiary alicyclic amines) is 2. The van der Waals surface area contributed by atoms with Gasteiger partial charge in [0.15, 0.2) is 0 Å². The SMILES string of the molecule is CC1CC1(COC1=NC2C(F)=C(c3cc(O)cc4cccc(Cl)c34)C(F)=CC2C(N2CC3CC[C@@](C)(C2)N3)=N1)CN1CC2CCC(C1)O2. The number of amidine groups is 2. The van der Waals surface area contributed by atoms with Crippen LogP contribution in [-0.4, -0.2) is 95.9 Å². The van der Waals surface area contributed by atoms with Crippen molar-refractivity contribution in [2.45, 2.75) is 75.8 Å². The van der Waals surface area contributed by atoms with E-state index in [-0.39, 0.29) is 39.9 Å². The van der Waals surface area contributed by atoms with Crippen LogP contribution in [0, 0.1) is 17.3 Å². The first-order valence-corrected chi connectivity index (χ1v) is 17.8. The first-order chi connectivity index (χ1) is 23.1. The molecule has 5 aliphatic heterocycles. The molecule has 0 aromatic heterocycles. The van der Waals surface area contributed by atoms with Gasteiger partial charge in [0.05, 0.1) is 30.3 Å². The summed E-state index contributed by atoms with van der Waals surface area (Å²) < 4.78 is 45.9. The average molecular weight is 678 g/mol. The number of allylic oxidation sites excluding steroid dienone is 2. The van der Waals surface area contributed by atoms with E-state index in [2.05, 4.69) is 29.0 Å². The van der Waals surface area contributed by atoms with Crippen molar-refractivity contribution in [1.29, 1.82) is 0 Å². The minimum Gasteiger partial charge on any atom is -0.508 e. The van der Waals surface area contributed by atoms with Gasteiger partial charge in [-0.3, -0.25) is 4.90 Å². The highest BCUT2D eigenvalue weighted by Gasteiger charge is 2.54. The Bertz CT molecular complexity index is 1800. The zero-order valence-corrected chi connectivity index (χ0v) is 28.1. The number of benzene rings is 2. The van der Waals surface area contributed by atoms with E-state index in [1.165, 1.54) is 12.1 Å². The van der Waals surface area contributed by atoms with E-state index >= 15 is 8.78 Å². The molecule has 0 radical (unpaired) electrons. The van der Waals surface area contributed by atoms with Crippen LogP contribution in [0.1, 0.15) is 51.5 Å². The van der Waals surface area contributed by atoms with Crippen LogP contribution in [0.25, 0.3) is 16.3 Å². The Balaban J connectivity index is 1.07. The number of aliphatic imine (C=N–C) groups is 2. The number of nitrogens with zero attached hydrogens (tertiary/aromatic N) is 4. The summed E-state index contributed by atoms with van der Waals surface area (Å²) in [5.74, 6) is -1.20. The quantitative estimate of drug-likeness (QED) is 0.391. The van der Waals surface area contributed by atoms with Crippen LogP contribution in [0.2, 0.25) is 5.02 Å². The number of morpholine rings is 1.